The normalized spacial score (nSPS) is 14.7. The summed E-state index contributed by atoms with van der Waals surface area (Å²) < 4.78 is 11.4. The second-order valence-electron chi connectivity index (χ2n) is 7.07. The SMILES string of the molecule is CN=C(NCCc1noc(-c2ccccn2)n1)N1CCC(Oc2ccccc2)CC1.I. The summed E-state index contributed by atoms with van der Waals surface area (Å²) in [4.78, 5) is 15.3. The summed E-state index contributed by atoms with van der Waals surface area (Å²) in [7, 11) is 1.81. The molecule has 2 aromatic heterocycles. The molecule has 9 heteroatoms. The molecule has 0 unspecified atom stereocenters. The molecule has 0 spiro atoms. The number of halogens is 1. The first kappa shape index (κ1) is 23.0. The highest BCUT2D eigenvalue weighted by molar-refractivity contribution is 14.0. The van der Waals surface area contributed by atoms with Crippen molar-refractivity contribution in [3.05, 3.63) is 60.6 Å². The van der Waals surface area contributed by atoms with Crippen LogP contribution in [0.4, 0.5) is 0 Å². The molecule has 0 saturated carbocycles. The lowest BCUT2D eigenvalue weighted by molar-refractivity contribution is 0.129. The van der Waals surface area contributed by atoms with Crippen LogP contribution in [0.15, 0.2) is 64.2 Å². The van der Waals surface area contributed by atoms with Crippen molar-refractivity contribution < 1.29 is 9.26 Å². The van der Waals surface area contributed by atoms with Gasteiger partial charge in [0, 0.05) is 52.1 Å². The summed E-state index contributed by atoms with van der Waals surface area (Å²) >= 11 is 0. The fourth-order valence-electron chi connectivity index (χ4n) is 3.44. The summed E-state index contributed by atoms with van der Waals surface area (Å²) in [6.45, 7) is 2.49. The standard InChI is InChI=1S/C22H26N6O2.HI/c1-23-22(28-15-11-18(12-16-28)29-17-7-3-2-4-8-17)25-14-10-20-26-21(30-27-20)19-9-5-6-13-24-19;/h2-9,13,18H,10-12,14-16H2,1H3,(H,23,25);1H. The zero-order valence-corrected chi connectivity index (χ0v) is 19.8. The number of nitrogens with zero attached hydrogens (tertiary/aromatic N) is 5. The lowest BCUT2D eigenvalue weighted by Gasteiger charge is -2.34. The third kappa shape index (κ3) is 6.39. The fourth-order valence-corrected chi connectivity index (χ4v) is 3.44. The third-order valence-electron chi connectivity index (χ3n) is 4.98. The van der Waals surface area contributed by atoms with E-state index in [0.717, 1.165) is 37.6 Å². The van der Waals surface area contributed by atoms with Crippen molar-refractivity contribution in [3.63, 3.8) is 0 Å². The average molecular weight is 534 g/mol. The molecule has 1 fully saturated rings. The van der Waals surface area contributed by atoms with Crippen LogP contribution in [0.5, 0.6) is 5.75 Å². The van der Waals surface area contributed by atoms with E-state index < -0.39 is 0 Å². The van der Waals surface area contributed by atoms with E-state index in [9.17, 15) is 0 Å². The quantitative estimate of drug-likeness (QED) is 0.295. The maximum absolute atomic E-state index is 6.08. The smallest absolute Gasteiger partial charge is 0.276 e. The lowest BCUT2D eigenvalue weighted by atomic mass is 10.1. The Hall–Kier alpha value is -2.69. The maximum atomic E-state index is 6.08. The third-order valence-corrected chi connectivity index (χ3v) is 4.98. The molecule has 0 atom stereocenters. The van der Waals surface area contributed by atoms with Crippen LogP contribution in [0.3, 0.4) is 0 Å². The minimum Gasteiger partial charge on any atom is -0.490 e. The molecular formula is C22H27IN6O2. The number of rotatable bonds is 6. The first-order valence-corrected chi connectivity index (χ1v) is 10.2. The molecular weight excluding hydrogens is 507 g/mol. The number of benzene rings is 1. The Bertz CT molecular complexity index is 943. The zero-order valence-electron chi connectivity index (χ0n) is 17.5. The Morgan fingerprint density at radius 3 is 2.65 bits per heavy atom. The number of pyridine rings is 1. The second kappa shape index (κ2) is 11.6. The Kier molecular flexibility index (Phi) is 8.63. The summed E-state index contributed by atoms with van der Waals surface area (Å²) in [5.74, 6) is 2.91. The number of hydrogen-bond donors (Lipinski definition) is 1. The van der Waals surface area contributed by atoms with E-state index in [0.29, 0.717) is 30.4 Å². The van der Waals surface area contributed by atoms with Gasteiger partial charge in [0.15, 0.2) is 11.8 Å². The van der Waals surface area contributed by atoms with Crippen molar-refractivity contribution in [2.75, 3.05) is 26.7 Å². The summed E-state index contributed by atoms with van der Waals surface area (Å²) in [6, 6.07) is 15.6. The number of ether oxygens (including phenoxy) is 1. The Balaban J connectivity index is 0.00000272. The van der Waals surface area contributed by atoms with Gasteiger partial charge in [0.1, 0.15) is 17.5 Å². The van der Waals surface area contributed by atoms with Gasteiger partial charge < -0.3 is 19.5 Å². The van der Waals surface area contributed by atoms with Gasteiger partial charge in [0.2, 0.25) is 0 Å². The number of aliphatic imine (C=N–C) groups is 1. The molecule has 0 amide bonds. The Morgan fingerprint density at radius 1 is 1.16 bits per heavy atom. The molecule has 0 bridgehead atoms. The number of para-hydroxylation sites is 1. The maximum Gasteiger partial charge on any atom is 0.276 e. The first-order valence-electron chi connectivity index (χ1n) is 10.2. The molecule has 1 saturated heterocycles. The largest absolute Gasteiger partial charge is 0.490 e. The van der Waals surface area contributed by atoms with E-state index in [1.807, 2.05) is 55.6 Å². The van der Waals surface area contributed by atoms with Crippen molar-refractivity contribution in [2.24, 2.45) is 4.99 Å². The number of piperidine rings is 1. The number of hydrogen-bond acceptors (Lipinski definition) is 6. The van der Waals surface area contributed by atoms with E-state index >= 15 is 0 Å². The minimum atomic E-state index is 0. The van der Waals surface area contributed by atoms with Gasteiger partial charge >= 0.3 is 0 Å². The number of guanidine groups is 1. The van der Waals surface area contributed by atoms with Gasteiger partial charge in [-0.15, -0.1) is 24.0 Å². The van der Waals surface area contributed by atoms with E-state index in [1.165, 1.54) is 0 Å². The monoisotopic (exact) mass is 534 g/mol. The van der Waals surface area contributed by atoms with E-state index in [1.54, 1.807) is 6.20 Å². The molecule has 1 N–H and O–H groups in total. The highest BCUT2D eigenvalue weighted by Crippen LogP contribution is 2.18. The fraction of sp³-hybridized carbons (Fsp3) is 0.364. The van der Waals surface area contributed by atoms with Crippen molar-refractivity contribution in [2.45, 2.75) is 25.4 Å². The zero-order chi connectivity index (χ0) is 20.6. The van der Waals surface area contributed by atoms with Crippen molar-refractivity contribution in [3.8, 4) is 17.3 Å². The van der Waals surface area contributed by atoms with Crippen molar-refractivity contribution in [1.82, 2.24) is 25.3 Å². The number of likely N-dealkylation sites (tertiary alicyclic amines) is 1. The van der Waals surface area contributed by atoms with Gasteiger partial charge in [0.25, 0.3) is 5.89 Å². The molecule has 1 aliphatic rings. The van der Waals surface area contributed by atoms with E-state index in [-0.39, 0.29) is 30.1 Å². The summed E-state index contributed by atoms with van der Waals surface area (Å²) in [5.41, 5.74) is 0.681. The second-order valence-corrected chi connectivity index (χ2v) is 7.07. The van der Waals surface area contributed by atoms with Crippen LogP contribution >= 0.6 is 24.0 Å². The molecule has 164 valence electrons. The number of nitrogens with one attached hydrogen (secondary N) is 1. The molecule has 4 rings (SSSR count). The van der Waals surface area contributed by atoms with Crippen LogP contribution in [0.25, 0.3) is 11.6 Å². The number of aromatic nitrogens is 3. The van der Waals surface area contributed by atoms with Gasteiger partial charge in [0.05, 0.1) is 0 Å². The summed E-state index contributed by atoms with van der Waals surface area (Å²) in [6.07, 6.45) is 4.52. The highest BCUT2D eigenvalue weighted by atomic mass is 127. The van der Waals surface area contributed by atoms with Crippen molar-refractivity contribution in [1.29, 1.82) is 0 Å². The molecule has 0 aliphatic carbocycles. The average Bonchev–Trinajstić information content (AvgIpc) is 3.28. The highest BCUT2D eigenvalue weighted by Gasteiger charge is 2.22. The molecule has 3 heterocycles. The summed E-state index contributed by atoms with van der Waals surface area (Å²) in [5, 5.41) is 7.44. The van der Waals surface area contributed by atoms with Gasteiger partial charge in [-0.2, -0.15) is 4.98 Å². The van der Waals surface area contributed by atoms with Crippen LogP contribution in [0, 0.1) is 0 Å². The first-order chi connectivity index (χ1) is 14.8. The predicted molar refractivity (Wildman–Crippen MR) is 130 cm³/mol. The predicted octanol–water partition coefficient (Wildman–Crippen LogP) is 3.41. The van der Waals surface area contributed by atoms with Gasteiger partial charge in [-0.3, -0.25) is 9.98 Å². The van der Waals surface area contributed by atoms with Crippen LogP contribution in [-0.2, 0) is 6.42 Å². The minimum absolute atomic E-state index is 0. The molecule has 1 aliphatic heterocycles. The molecule has 31 heavy (non-hydrogen) atoms. The molecule has 3 aromatic rings. The van der Waals surface area contributed by atoms with Gasteiger partial charge in [-0.05, 0) is 24.3 Å². The van der Waals surface area contributed by atoms with Crippen LogP contribution in [0.2, 0.25) is 0 Å². The Morgan fingerprint density at radius 2 is 1.94 bits per heavy atom. The van der Waals surface area contributed by atoms with Crippen LogP contribution in [-0.4, -0.2) is 58.8 Å². The lowest BCUT2D eigenvalue weighted by Crippen LogP contribution is -2.47. The molecule has 1 aromatic carbocycles. The van der Waals surface area contributed by atoms with E-state index in [4.69, 9.17) is 9.26 Å². The topological polar surface area (TPSA) is 88.7 Å². The van der Waals surface area contributed by atoms with E-state index in [2.05, 4.69) is 30.3 Å². The van der Waals surface area contributed by atoms with Crippen molar-refractivity contribution >= 4 is 29.9 Å². The molecule has 0 radical (unpaired) electrons. The van der Waals surface area contributed by atoms with Crippen LogP contribution < -0.4 is 10.1 Å². The van der Waals surface area contributed by atoms with Gasteiger partial charge in [-0.25, -0.2) is 0 Å². The molecule has 8 nitrogen and oxygen atoms in total. The van der Waals surface area contributed by atoms with Crippen LogP contribution in [0.1, 0.15) is 18.7 Å². The van der Waals surface area contributed by atoms with Gasteiger partial charge in [-0.1, -0.05) is 29.4 Å². The Labute approximate surface area is 199 Å².